The van der Waals surface area contributed by atoms with Crippen molar-refractivity contribution < 1.29 is 23.6 Å². The number of guanidine groups is 1. The first kappa shape index (κ1) is 32.3. The first-order chi connectivity index (χ1) is 23.2. The Morgan fingerprint density at radius 3 is 2.69 bits per heavy atom. The largest absolute Gasteiger partial charge is 0.461 e. The van der Waals surface area contributed by atoms with Crippen LogP contribution in [0.15, 0.2) is 92.5 Å². The number of aryl methyl sites for hydroxylation is 1. The van der Waals surface area contributed by atoms with Crippen LogP contribution in [0.4, 0.5) is 5.69 Å². The third-order valence-electron chi connectivity index (χ3n) is 8.20. The second kappa shape index (κ2) is 14.4. The summed E-state index contributed by atoms with van der Waals surface area (Å²) in [6.07, 6.45) is 5.60. The lowest BCUT2D eigenvalue weighted by atomic mass is 10.0. The van der Waals surface area contributed by atoms with Crippen molar-refractivity contribution in [2.24, 2.45) is 21.1 Å². The molecule has 1 saturated heterocycles. The van der Waals surface area contributed by atoms with Gasteiger partial charge in [0.2, 0.25) is 11.9 Å². The molecule has 12 heteroatoms. The number of pyridine rings is 1. The Bertz CT molecular complexity index is 1900. The predicted molar refractivity (Wildman–Crippen MR) is 183 cm³/mol. The van der Waals surface area contributed by atoms with Crippen LogP contribution in [0.3, 0.4) is 0 Å². The van der Waals surface area contributed by atoms with Crippen molar-refractivity contribution in [1.29, 1.82) is 0 Å². The van der Waals surface area contributed by atoms with E-state index in [1.165, 1.54) is 23.2 Å². The molecule has 4 aromatic rings. The van der Waals surface area contributed by atoms with Gasteiger partial charge in [0.05, 0.1) is 29.4 Å². The number of likely N-dealkylation sites (tertiary alicyclic amines) is 1. The minimum Gasteiger partial charge on any atom is -0.461 e. The van der Waals surface area contributed by atoms with E-state index >= 15 is 0 Å². The first-order valence-electron chi connectivity index (χ1n) is 15.9. The van der Waals surface area contributed by atoms with Gasteiger partial charge in [0.15, 0.2) is 6.10 Å². The van der Waals surface area contributed by atoms with E-state index in [1.807, 2.05) is 54.3 Å². The molecule has 2 aliphatic rings. The average Bonchev–Trinajstić information content (AvgIpc) is 3.67. The minimum atomic E-state index is -0.512. The Morgan fingerprint density at radius 2 is 1.92 bits per heavy atom. The molecule has 4 heterocycles. The van der Waals surface area contributed by atoms with Crippen molar-refractivity contribution in [3.63, 3.8) is 0 Å². The second-order valence-corrected chi connectivity index (χ2v) is 12.1. The molecule has 2 unspecified atom stereocenters. The van der Waals surface area contributed by atoms with Crippen LogP contribution in [0, 0.1) is 12.8 Å². The highest BCUT2D eigenvalue weighted by Gasteiger charge is 2.31. The number of carbonyl (C=O) groups is 3. The number of carbonyl (C=O) groups excluding carboxylic acids is 3. The smallest absolute Gasteiger partial charge is 0.271 e. The van der Waals surface area contributed by atoms with E-state index < -0.39 is 11.8 Å². The van der Waals surface area contributed by atoms with Gasteiger partial charge in [0.1, 0.15) is 17.0 Å². The summed E-state index contributed by atoms with van der Waals surface area (Å²) in [5.74, 6) is -0.574. The van der Waals surface area contributed by atoms with Gasteiger partial charge in [-0.05, 0) is 61.7 Å². The number of fused-ring (bicyclic) bond motifs is 1. The first-order valence-corrected chi connectivity index (χ1v) is 15.9. The third-order valence-corrected chi connectivity index (χ3v) is 8.20. The summed E-state index contributed by atoms with van der Waals surface area (Å²) in [5.41, 5.74) is 3.58. The molecular weight excluding hydrogens is 610 g/mol. The van der Waals surface area contributed by atoms with Crippen molar-refractivity contribution in [3.05, 3.63) is 95.5 Å². The van der Waals surface area contributed by atoms with E-state index in [9.17, 15) is 14.4 Å². The number of aromatic nitrogens is 1. The van der Waals surface area contributed by atoms with Crippen LogP contribution < -0.4 is 5.32 Å². The molecule has 0 bridgehead atoms. The van der Waals surface area contributed by atoms with E-state index in [0.29, 0.717) is 31.6 Å². The monoisotopic (exact) mass is 647 g/mol. The Kier molecular flexibility index (Phi) is 9.70. The quantitative estimate of drug-likeness (QED) is 0.217. The highest BCUT2D eigenvalue weighted by atomic mass is 16.6. The lowest BCUT2D eigenvalue weighted by molar-refractivity contribution is -0.134. The molecule has 6 rings (SSSR count). The molecule has 0 spiro atoms. The molecule has 246 valence electrons. The molecule has 1 fully saturated rings. The lowest BCUT2D eigenvalue weighted by Crippen LogP contribution is -2.41. The number of aliphatic imine (C=N–C) groups is 2. The van der Waals surface area contributed by atoms with E-state index in [2.05, 4.69) is 25.4 Å². The number of nitrogens with one attached hydrogen (secondary N) is 1. The molecule has 2 aromatic carbocycles. The Hall–Kier alpha value is -5.65. The molecule has 3 amide bonds. The van der Waals surface area contributed by atoms with Crippen molar-refractivity contribution in [3.8, 4) is 0 Å². The van der Waals surface area contributed by atoms with Crippen LogP contribution in [0.1, 0.15) is 57.9 Å². The van der Waals surface area contributed by atoms with Gasteiger partial charge in [-0.2, -0.15) is 0 Å². The van der Waals surface area contributed by atoms with Gasteiger partial charge in [-0.1, -0.05) is 41.9 Å². The van der Waals surface area contributed by atoms with E-state index in [0.717, 1.165) is 40.8 Å². The molecular formula is C36H37N7O5. The molecule has 2 aliphatic heterocycles. The number of hydrogen-bond acceptors (Lipinski definition) is 8. The Morgan fingerprint density at radius 1 is 1.08 bits per heavy atom. The summed E-state index contributed by atoms with van der Waals surface area (Å²) in [4.78, 5) is 61.6. The van der Waals surface area contributed by atoms with Crippen LogP contribution >= 0.6 is 0 Å². The van der Waals surface area contributed by atoms with Gasteiger partial charge >= 0.3 is 0 Å². The van der Waals surface area contributed by atoms with Gasteiger partial charge in [-0.25, -0.2) is 9.98 Å². The van der Waals surface area contributed by atoms with Gasteiger partial charge in [0.25, 0.3) is 11.8 Å². The van der Waals surface area contributed by atoms with Crippen molar-refractivity contribution in [2.75, 3.05) is 27.2 Å². The zero-order valence-corrected chi connectivity index (χ0v) is 27.1. The number of furan rings is 1. The van der Waals surface area contributed by atoms with Crippen LogP contribution in [-0.4, -0.2) is 83.7 Å². The van der Waals surface area contributed by atoms with E-state index in [4.69, 9.17) is 9.25 Å². The lowest BCUT2D eigenvalue weighted by Gasteiger charge is -2.25. The van der Waals surface area contributed by atoms with E-state index in [-0.39, 0.29) is 35.1 Å². The van der Waals surface area contributed by atoms with Crippen LogP contribution in [0.2, 0.25) is 0 Å². The van der Waals surface area contributed by atoms with Crippen molar-refractivity contribution in [2.45, 2.75) is 38.7 Å². The van der Waals surface area contributed by atoms with Crippen LogP contribution in [0.25, 0.3) is 11.0 Å². The molecule has 0 radical (unpaired) electrons. The summed E-state index contributed by atoms with van der Waals surface area (Å²) in [6.45, 7) is 2.90. The molecule has 12 nitrogen and oxygen atoms in total. The third kappa shape index (κ3) is 7.65. The number of amides is 3. The summed E-state index contributed by atoms with van der Waals surface area (Å²) >= 11 is 0. The zero-order valence-electron chi connectivity index (χ0n) is 27.1. The molecule has 2 aromatic heterocycles. The summed E-state index contributed by atoms with van der Waals surface area (Å²) in [5, 5.41) is 7.90. The summed E-state index contributed by atoms with van der Waals surface area (Å²) < 4.78 is 5.69. The Balaban J connectivity index is 1.20. The topological polar surface area (TPSA) is 142 Å². The minimum absolute atomic E-state index is 0.0108. The number of nitrogens with zero attached hydrogens (tertiary/aromatic N) is 6. The second-order valence-electron chi connectivity index (χ2n) is 12.1. The standard InChI is InChI=1S/C36H37N7O5/c1-23-17-27-18-28(13-15-32(27)47-23)39-36(40-33(44)25-12-14-30(37-20-25)35(46)42(2)3)38-21-26-11-7-8-16-43(34(26)45)22-29-19-31(41-48-29)24-9-5-4-6-10-24/h4-6,9-10,12-15,17-18,20-21,26,29H,7-8,11,16,19,22H2,1-3H3,(H,39,40,44)/b38-21-. The van der Waals surface area contributed by atoms with Gasteiger partial charge in [-0.3, -0.25) is 24.7 Å². The predicted octanol–water partition coefficient (Wildman–Crippen LogP) is 5.15. The zero-order chi connectivity index (χ0) is 33.6. The normalized spacial score (nSPS) is 18.5. The molecule has 1 N–H and O–H groups in total. The average molecular weight is 648 g/mol. The maximum absolute atomic E-state index is 13.7. The molecule has 48 heavy (non-hydrogen) atoms. The fourth-order valence-corrected chi connectivity index (χ4v) is 5.69. The summed E-state index contributed by atoms with van der Waals surface area (Å²) in [7, 11) is 3.26. The van der Waals surface area contributed by atoms with Crippen molar-refractivity contribution in [1.82, 2.24) is 20.1 Å². The number of rotatable bonds is 7. The Labute approximate surface area is 278 Å². The fraction of sp³-hybridized carbons (Fsp3) is 0.306. The molecule has 0 aliphatic carbocycles. The van der Waals surface area contributed by atoms with Gasteiger partial charge in [-0.15, -0.1) is 0 Å². The van der Waals surface area contributed by atoms with E-state index in [1.54, 1.807) is 32.4 Å². The highest BCUT2D eigenvalue weighted by molar-refractivity contribution is 6.09. The highest BCUT2D eigenvalue weighted by Crippen LogP contribution is 2.25. The van der Waals surface area contributed by atoms with Gasteiger partial charge in [0, 0.05) is 44.9 Å². The number of hydrogen-bond donors (Lipinski definition) is 1. The van der Waals surface area contributed by atoms with Gasteiger partial charge < -0.3 is 19.1 Å². The number of oxime groups is 1. The SMILES string of the molecule is Cc1cc2cc(N=C(/N=C\C3CCCCN(CC4CC(c5ccccc5)=NO4)C3=O)NC(=O)c3ccc(C(=O)N(C)C)nc3)ccc2o1. The van der Waals surface area contributed by atoms with Crippen LogP contribution in [0.5, 0.6) is 0 Å². The maximum atomic E-state index is 13.7. The summed E-state index contributed by atoms with van der Waals surface area (Å²) in [6, 6.07) is 20.2. The number of benzene rings is 2. The molecule has 2 atom stereocenters. The van der Waals surface area contributed by atoms with Crippen LogP contribution in [-0.2, 0) is 9.63 Å². The maximum Gasteiger partial charge on any atom is 0.271 e. The fourth-order valence-electron chi connectivity index (χ4n) is 5.69. The van der Waals surface area contributed by atoms with Crippen molar-refractivity contribution >= 4 is 52.3 Å². The molecule has 0 saturated carbocycles.